The van der Waals surface area contributed by atoms with E-state index in [9.17, 15) is 4.79 Å². The third-order valence-electron chi connectivity index (χ3n) is 1.61. The smallest absolute Gasteiger partial charge is 0.269 e. The predicted molar refractivity (Wildman–Crippen MR) is 62.6 cm³/mol. The second kappa shape index (κ2) is 5.14. The molecule has 1 aromatic heterocycles. The normalized spacial score (nSPS) is 8.86. The Bertz CT molecular complexity index is 444. The Hall–Kier alpha value is -0.840. The molecular formula is C8H8Cl2N2OS. The molecule has 0 aliphatic rings. The number of hydrogen-bond acceptors (Lipinski definition) is 3. The van der Waals surface area contributed by atoms with E-state index in [1.54, 1.807) is 0 Å². The standard InChI is InChI=1S/C8H6N2OS.2ClH/c9-8(11)7-5-3-1-2-4-6(5)12-10-7;;/h1-4H,(H2,9,11);2*1H. The fourth-order valence-electron chi connectivity index (χ4n) is 1.06. The summed E-state index contributed by atoms with van der Waals surface area (Å²) in [5.74, 6) is -0.465. The summed E-state index contributed by atoms with van der Waals surface area (Å²) in [6.07, 6.45) is 0. The van der Waals surface area contributed by atoms with Crippen LogP contribution in [-0.2, 0) is 0 Å². The molecule has 0 unspecified atom stereocenters. The van der Waals surface area contributed by atoms with Crippen molar-refractivity contribution in [2.24, 2.45) is 5.73 Å². The maximum atomic E-state index is 10.8. The maximum absolute atomic E-state index is 10.8. The Morgan fingerprint density at radius 3 is 2.57 bits per heavy atom. The van der Waals surface area contributed by atoms with Crippen LogP contribution in [0.1, 0.15) is 10.5 Å². The molecule has 0 bridgehead atoms. The van der Waals surface area contributed by atoms with Crippen molar-refractivity contribution >= 4 is 52.3 Å². The van der Waals surface area contributed by atoms with Gasteiger partial charge in [-0.05, 0) is 17.6 Å². The predicted octanol–water partition coefficient (Wildman–Crippen LogP) is 2.24. The van der Waals surface area contributed by atoms with Gasteiger partial charge in [-0.1, -0.05) is 18.2 Å². The molecule has 0 fully saturated rings. The average molecular weight is 251 g/mol. The Morgan fingerprint density at radius 2 is 1.93 bits per heavy atom. The number of benzene rings is 1. The van der Waals surface area contributed by atoms with E-state index in [-0.39, 0.29) is 24.8 Å². The van der Waals surface area contributed by atoms with Gasteiger partial charge in [0, 0.05) is 5.39 Å². The first kappa shape index (κ1) is 13.2. The number of amides is 1. The zero-order valence-electron chi connectivity index (χ0n) is 6.97. The number of aromatic nitrogens is 1. The van der Waals surface area contributed by atoms with Crippen LogP contribution in [0.3, 0.4) is 0 Å². The largest absolute Gasteiger partial charge is 0.364 e. The number of halogens is 2. The van der Waals surface area contributed by atoms with Gasteiger partial charge < -0.3 is 5.73 Å². The van der Waals surface area contributed by atoms with Crippen molar-refractivity contribution in [1.82, 2.24) is 4.37 Å². The van der Waals surface area contributed by atoms with Gasteiger partial charge in [0.1, 0.15) is 5.69 Å². The molecule has 1 aromatic carbocycles. The summed E-state index contributed by atoms with van der Waals surface area (Å²) in [7, 11) is 0. The molecule has 0 atom stereocenters. The minimum atomic E-state index is -0.465. The summed E-state index contributed by atoms with van der Waals surface area (Å²) in [5, 5.41) is 0.843. The van der Waals surface area contributed by atoms with Gasteiger partial charge in [-0.3, -0.25) is 4.79 Å². The van der Waals surface area contributed by atoms with Crippen molar-refractivity contribution in [1.29, 1.82) is 0 Å². The highest BCUT2D eigenvalue weighted by molar-refractivity contribution is 7.13. The van der Waals surface area contributed by atoms with Crippen LogP contribution in [0.4, 0.5) is 0 Å². The van der Waals surface area contributed by atoms with Gasteiger partial charge in [0.25, 0.3) is 5.91 Å². The monoisotopic (exact) mass is 250 g/mol. The maximum Gasteiger partial charge on any atom is 0.269 e. The molecule has 2 rings (SSSR count). The fourth-order valence-corrected chi connectivity index (χ4v) is 1.84. The van der Waals surface area contributed by atoms with E-state index < -0.39 is 5.91 Å². The molecule has 6 heteroatoms. The molecular weight excluding hydrogens is 243 g/mol. The highest BCUT2D eigenvalue weighted by Gasteiger charge is 2.09. The number of nitrogens with zero attached hydrogens (tertiary/aromatic N) is 1. The highest BCUT2D eigenvalue weighted by atomic mass is 35.5. The molecule has 76 valence electrons. The molecule has 0 aliphatic carbocycles. The van der Waals surface area contributed by atoms with Crippen molar-refractivity contribution in [3.05, 3.63) is 30.0 Å². The third kappa shape index (κ3) is 2.15. The molecule has 0 spiro atoms. The van der Waals surface area contributed by atoms with Crippen molar-refractivity contribution in [3.8, 4) is 0 Å². The van der Waals surface area contributed by atoms with Crippen molar-refractivity contribution in [3.63, 3.8) is 0 Å². The van der Waals surface area contributed by atoms with Crippen molar-refractivity contribution < 1.29 is 4.79 Å². The van der Waals surface area contributed by atoms with Crippen LogP contribution >= 0.6 is 36.3 Å². The summed E-state index contributed by atoms with van der Waals surface area (Å²) >= 11 is 1.29. The molecule has 1 heterocycles. The molecule has 0 saturated carbocycles. The number of carbonyl (C=O) groups is 1. The first-order valence-electron chi connectivity index (χ1n) is 3.43. The lowest BCUT2D eigenvalue weighted by molar-refractivity contribution is 0.0998. The van der Waals surface area contributed by atoms with Crippen molar-refractivity contribution in [2.75, 3.05) is 0 Å². The Balaban J connectivity index is 0.000000845. The van der Waals surface area contributed by atoms with Crippen LogP contribution in [0, 0.1) is 0 Å². The number of rotatable bonds is 1. The quantitative estimate of drug-likeness (QED) is 0.844. The van der Waals surface area contributed by atoms with E-state index in [0.29, 0.717) is 5.69 Å². The summed E-state index contributed by atoms with van der Waals surface area (Å²) in [5.41, 5.74) is 5.50. The first-order valence-corrected chi connectivity index (χ1v) is 4.20. The zero-order chi connectivity index (χ0) is 8.55. The van der Waals surface area contributed by atoms with Crippen LogP contribution in [0.2, 0.25) is 0 Å². The topological polar surface area (TPSA) is 56.0 Å². The molecule has 2 N–H and O–H groups in total. The van der Waals surface area contributed by atoms with E-state index in [2.05, 4.69) is 4.37 Å². The lowest BCUT2D eigenvalue weighted by Gasteiger charge is -1.88. The number of carbonyl (C=O) groups excluding carboxylic acids is 1. The van der Waals surface area contributed by atoms with E-state index in [0.717, 1.165) is 10.1 Å². The van der Waals surface area contributed by atoms with Gasteiger partial charge in [0.2, 0.25) is 0 Å². The summed E-state index contributed by atoms with van der Waals surface area (Å²) in [6.45, 7) is 0. The van der Waals surface area contributed by atoms with Gasteiger partial charge in [-0.25, -0.2) is 0 Å². The number of fused-ring (bicyclic) bond motifs is 1. The highest BCUT2D eigenvalue weighted by Crippen LogP contribution is 2.21. The summed E-state index contributed by atoms with van der Waals surface area (Å²) in [6, 6.07) is 7.53. The zero-order valence-corrected chi connectivity index (χ0v) is 9.42. The molecule has 0 aliphatic heterocycles. The lowest BCUT2D eigenvalue weighted by atomic mass is 10.2. The Labute approximate surface area is 97.3 Å². The van der Waals surface area contributed by atoms with E-state index in [1.807, 2.05) is 24.3 Å². The number of primary amides is 1. The average Bonchev–Trinajstić information content (AvgIpc) is 2.47. The molecule has 3 nitrogen and oxygen atoms in total. The van der Waals surface area contributed by atoms with Crippen LogP contribution in [0.25, 0.3) is 10.1 Å². The summed E-state index contributed by atoms with van der Waals surface area (Å²) < 4.78 is 4.95. The summed E-state index contributed by atoms with van der Waals surface area (Å²) in [4.78, 5) is 10.8. The Morgan fingerprint density at radius 1 is 1.29 bits per heavy atom. The molecule has 0 radical (unpaired) electrons. The minimum absolute atomic E-state index is 0. The number of hydrogen-bond donors (Lipinski definition) is 1. The molecule has 14 heavy (non-hydrogen) atoms. The van der Waals surface area contributed by atoms with Crippen LogP contribution in [0.5, 0.6) is 0 Å². The molecule has 2 aromatic rings. The van der Waals surface area contributed by atoms with Gasteiger partial charge in [0.15, 0.2) is 0 Å². The van der Waals surface area contributed by atoms with Gasteiger partial charge >= 0.3 is 0 Å². The second-order valence-electron chi connectivity index (χ2n) is 2.39. The van der Waals surface area contributed by atoms with E-state index >= 15 is 0 Å². The molecule has 1 amide bonds. The van der Waals surface area contributed by atoms with Gasteiger partial charge in [-0.2, -0.15) is 4.37 Å². The minimum Gasteiger partial charge on any atom is -0.364 e. The van der Waals surface area contributed by atoms with Gasteiger partial charge in [-0.15, -0.1) is 24.8 Å². The molecule has 0 saturated heterocycles. The lowest BCUT2D eigenvalue weighted by Crippen LogP contribution is -2.11. The van der Waals surface area contributed by atoms with Gasteiger partial charge in [0.05, 0.1) is 4.70 Å². The van der Waals surface area contributed by atoms with Crippen molar-refractivity contribution in [2.45, 2.75) is 0 Å². The third-order valence-corrected chi connectivity index (χ3v) is 2.44. The first-order chi connectivity index (χ1) is 5.79. The Kier molecular flexibility index (Phi) is 4.83. The van der Waals surface area contributed by atoms with Crippen LogP contribution in [-0.4, -0.2) is 10.3 Å². The van der Waals surface area contributed by atoms with E-state index in [4.69, 9.17) is 5.73 Å². The number of nitrogens with two attached hydrogens (primary N) is 1. The fraction of sp³-hybridized carbons (Fsp3) is 0. The SMILES string of the molecule is Cl.Cl.NC(=O)c1nsc2ccccc12. The van der Waals surface area contributed by atoms with Crippen LogP contribution in [0.15, 0.2) is 24.3 Å². The van der Waals surface area contributed by atoms with Crippen LogP contribution < -0.4 is 5.73 Å². The van der Waals surface area contributed by atoms with E-state index in [1.165, 1.54) is 11.5 Å². The second-order valence-corrected chi connectivity index (χ2v) is 3.20.